The Labute approximate surface area is 144 Å². The highest BCUT2D eigenvalue weighted by atomic mass is 32.2. The summed E-state index contributed by atoms with van der Waals surface area (Å²) in [5, 5.41) is 8.29. The quantitative estimate of drug-likeness (QED) is 0.775. The number of carbonyl (C=O) groups is 1. The molecule has 1 atom stereocenters. The summed E-state index contributed by atoms with van der Waals surface area (Å²) in [5.41, 5.74) is 0.772. The largest absolute Gasteiger partial charge is 0.416 e. The Morgan fingerprint density at radius 3 is 3.08 bits per heavy atom. The highest BCUT2D eigenvalue weighted by Gasteiger charge is 2.23. The molecule has 7 heteroatoms. The van der Waals surface area contributed by atoms with Crippen molar-refractivity contribution in [3.8, 4) is 0 Å². The molecule has 24 heavy (non-hydrogen) atoms. The van der Waals surface area contributed by atoms with Gasteiger partial charge in [-0.05, 0) is 43.9 Å². The van der Waals surface area contributed by atoms with Gasteiger partial charge in [0.05, 0.1) is 12.2 Å². The number of hydrogen-bond donors (Lipinski definition) is 0. The zero-order valence-electron chi connectivity index (χ0n) is 13.6. The van der Waals surface area contributed by atoms with E-state index in [-0.39, 0.29) is 11.7 Å². The number of rotatable bonds is 5. The average Bonchev–Trinajstić information content (AvgIpc) is 3.00. The highest BCUT2D eigenvalue weighted by molar-refractivity contribution is 7.99. The van der Waals surface area contributed by atoms with Crippen molar-refractivity contribution in [1.29, 1.82) is 0 Å². The standard InChI is InChI=1S/C17H20FN3O2S/c1-12-5-2-3-8-21(12)16(22)11-24-17-20-19-15(23-17)10-13-6-4-7-14(18)9-13/h4,6-7,9,12H,2-3,5,8,10-11H2,1H3/t12-/m0/s1. The third-order valence-corrected chi connectivity index (χ3v) is 4.94. The fourth-order valence-electron chi connectivity index (χ4n) is 2.86. The van der Waals surface area contributed by atoms with Crippen LogP contribution in [0.4, 0.5) is 4.39 Å². The lowest BCUT2D eigenvalue weighted by atomic mass is 10.0. The van der Waals surface area contributed by atoms with E-state index in [0.717, 1.165) is 24.9 Å². The lowest BCUT2D eigenvalue weighted by molar-refractivity contribution is -0.131. The van der Waals surface area contributed by atoms with Crippen LogP contribution in [0.15, 0.2) is 33.9 Å². The smallest absolute Gasteiger partial charge is 0.277 e. The van der Waals surface area contributed by atoms with Gasteiger partial charge in [0.25, 0.3) is 5.22 Å². The summed E-state index contributed by atoms with van der Waals surface area (Å²) in [6.45, 7) is 2.92. The molecule has 0 spiro atoms. The SMILES string of the molecule is C[C@H]1CCCCN1C(=O)CSc1nnc(Cc2cccc(F)c2)o1. The van der Waals surface area contributed by atoms with E-state index in [4.69, 9.17) is 4.42 Å². The number of hydrogen-bond acceptors (Lipinski definition) is 5. The first-order chi connectivity index (χ1) is 11.6. The Morgan fingerprint density at radius 1 is 1.42 bits per heavy atom. The van der Waals surface area contributed by atoms with Crippen LogP contribution in [0.3, 0.4) is 0 Å². The van der Waals surface area contributed by atoms with Crippen LogP contribution in [0.5, 0.6) is 0 Å². The fraction of sp³-hybridized carbons (Fsp3) is 0.471. The van der Waals surface area contributed by atoms with Gasteiger partial charge in [0, 0.05) is 12.6 Å². The lowest BCUT2D eigenvalue weighted by Gasteiger charge is -2.33. The van der Waals surface area contributed by atoms with E-state index < -0.39 is 0 Å². The molecule has 0 N–H and O–H groups in total. The molecule has 2 heterocycles. The number of benzene rings is 1. The minimum absolute atomic E-state index is 0.108. The lowest BCUT2D eigenvalue weighted by Crippen LogP contribution is -2.42. The molecule has 0 unspecified atom stereocenters. The molecule has 1 saturated heterocycles. The molecular formula is C17H20FN3O2S. The monoisotopic (exact) mass is 349 g/mol. The number of aromatic nitrogens is 2. The summed E-state index contributed by atoms with van der Waals surface area (Å²) in [5.74, 6) is 0.535. The first kappa shape index (κ1) is 17.0. The topological polar surface area (TPSA) is 59.2 Å². The summed E-state index contributed by atoms with van der Waals surface area (Å²) < 4.78 is 18.7. The van der Waals surface area contributed by atoms with Gasteiger partial charge in [-0.2, -0.15) is 0 Å². The molecule has 1 amide bonds. The zero-order chi connectivity index (χ0) is 16.9. The van der Waals surface area contributed by atoms with E-state index in [2.05, 4.69) is 17.1 Å². The number of halogens is 1. The van der Waals surface area contributed by atoms with Gasteiger partial charge in [-0.25, -0.2) is 4.39 Å². The molecule has 128 valence electrons. The van der Waals surface area contributed by atoms with Gasteiger partial charge in [-0.15, -0.1) is 10.2 Å². The van der Waals surface area contributed by atoms with Gasteiger partial charge >= 0.3 is 0 Å². The van der Waals surface area contributed by atoms with E-state index in [1.54, 1.807) is 12.1 Å². The van der Waals surface area contributed by atoms with Gasteiger partial charge in [0.1, 0.15) is 5.82 Å². The van der Waals surface area contributed by atoms with Crippen LogP contribution in [-0.2, 0) is 11.2 Å². The number of amides is 1. The molecule has 1 fully saturated rings. The van der Waals surface area contributed by atoms with Crippen LogP contribution in [0.2, 0.25) is 0 Å². The van der Waals surface area contributed by atoms with Gasteiger partial charge in [0.15, 0.2) is 0 Å². The van der Waals surface area contributed by atoms with Crippen molar-refractivity contribution in [3.05, 3.63) is 41.5 Å². The number of likely N-dealkylation sites (tertiary alicyclic amines) is 1. The second-order valence-corrected chi connectivity index (χ2v) is 6.92. The minimum atomic E-state index is -0.289. The molecule has 5 nitrogen and oxygen atoms in total. The summed E-state index contributed by atoms with van der Waals surface area (Å²) in [7, 11) is 0. The number of nitrogens with zero attached hydrogens (tertiary/aromatic N) is 3. The van der Waals surface area contributed by atoms with Crippen molar-refractivity contribution in [3.63, 3.8) is 0 Å². The van der Waals surface area contributed by atoms with Crippen LogP contribution < -0.4 is 0 Å². The van der Waals surface area contributed by atoms with E-state index >= 15 is 0 Å². The Hall–Kier alpha value is -1.89. The average molecular weight is 349 g/mol. The van der Waals surface area contributed by atoms with Crippen molar-refractivity contribution < 1.29 is 13.6 Å². The minimum Gasteiger partial charge on any atom is -0.416 e. The first-order valence-electron chi connectivity index (χ1n) is 8.11. The van der Waals surface area contributed by atoms with Gasteiger partial charge in [-0.1, -0.05) is 23.9 Å². The molecule has 2 aromatic rings. The van der Waals surface area contributed by atoms with Crippen molar-refractivity contribution in [1.82, 2.24) is 15.1 Å². The fourth-order valence-corrected chi connectivity index (χ4v) is 3.53. The normalized spacial score (nSPS) is 17.9. The third-order valence-electron chi connectivity index (χ3n) is 4.14. The predicted molar refractivity (Wildman–Crippen MR) is 89.3 cm³/mol. The second-order valence-electron chi connectivity index (χ2n) is 5.99. The molecule has 0 radical (unpaired) electrons. The summed E-state index contributed by atoms with van der Waals surface area (Å²) in [6.07, 6.45) is 3.70. The molecule has 1 aliphatic rings. The van der Waals surface area contributed by atoms with E-state index in [9.17, 15) is 9.18 Å². The Kier molecular flexibility index (Phi) is 5.50. The molecule has 0 bridgehead atoms. The summed E-state index contributed by atoms with van der Waals surface area (Å²) >= 11 is 1.25. The zero-order valence-corrected chi connectivity index (χ0v) is 14.4. The molecule has 0 aliphatic carbocycles. The number of thioether (sulfide) groups is 1. The van der Waals surface area contributed by atoms with E-state index in [0.29, 0.717) is 29.3 Å². The van der Waals surface area contributed by atoms with Crippen molar-refractivity contribution in [2.45, 2.75) is 43.9 Å². The second kappa shape index (κ2) is 7.79. The first-order valence-corrected chi connectivity index (χ1v) is 9.09. The predicted octanol–water partition coefficient (Wildman–Crippen LogP) is 3.29. The summed E-state index contributed by atoms with van der Waals surface area (Å²) in [6, 6.07) is 6.60. The van der Waals surface area contributed by atoms with Gasteiger partial charge in [0.2, 0.25) is 11.8 Å². The third kappa shape index (κ3) is 4.35. The highest BCUT2D eigenvalue weighted by Crippen LogP contribution is 2.21. The van der Waals surface area contributed by atoms with E-state index in [1.165, 1.54) is 30.3 Å². The Morgan fingerprint density at radius 2 is 2.29 bits per heavy atom. The van der Waals surface area contributed by atoms with Crippen LogP contribution in [-0.4, -0.2) is 39.3 Å². The Bertz CT molecular complexity index is 707. The van der Waals surface area contributed by atoms with E-state index in [1.807, 2.05) is 4.90 Å². The molecule has 3 rings (SSSR count). The van der Waals surface area contributed by atoms with Gasteiger partial charge in [-0.3, -0.25) is 4.79 Å². The molecule has 0 saturated carbocycles. The number of piperidine rings is 1. The summed E-state index contributed by atoms with van der Waals surface area (Å²) in [4.78, 5) is 14.2. The van der Waals surface area contributed by atoms with Crippen LogP contribution >= 0.6 is 11.8 Å². The van der Waals surface area contributed by atoms with Crippen LogP contribution in [0.1, 0.15) is 37.6 Å². The maximum atomic E-state index is 13.2. The molecule has 1 aromatic heterocycles. The van der Waals surface area contributed by atoms with Crippen LogP contribution in [0.25, 0.3) is 0 Å². The van der Waals surface area contributed by atoms with Crippen LogP contribution in [0, 0.1) is 5.82 Å². The molecule has 1 aliphatic heterocycles. The number of carbonyl (C=O) groups excluding carboxylic acids is 1. The van der Waals surface area contributed by atoms with Gasteiger partial charge < -0.3 is 9.32 Å². The van der Waals surface area contributed by atoms with Crippen molar-refractivity contribution in [2.75, 3.05) is 12.3 Å². The Balaban J connectivity index is 1.53. The maximum absolute atomic E-state index is 13.2. The van der Waals surface area contributed by atoms with Crippen molar-refractivity contribution >= 4 is 17.7 Å². The van der Waals surface area contributed by atoms with Crippen molar-refractivity contribution in [2.24, 2.45) is 0 Å². The molecule has 1 aromatic carbocycles. The molecular weight excluding hydrogens is 329 g/mol. The maximum Gasteiger partial charge on any atom is 0.277 e.